The fraction of sp³-hybridized carbons (Fsp3) is 0.400. The summed E-state index contributed by atoms with van der Waals surface area (Å²) in [5, 5.41) is 14.2. The molecule has 0 atom stereocenters. The van der Waals surface area contributed by atoms with Crippen molar-refractivity contribution in [2.45, 2.75) is 20.0 Å². The molecule has 0 radical (unpaired) electrons. The average molecular weight is 384 g/mol. The summed E-state index contributed by atoms with van der Waals surface area (Å²) >= 11 is 0. The van der Waals surface area contributed by atoms with Gasteiger partial charge < -0.3 is 14.0 Å². The van der Waals surface area contributed by atoms with E-state index in [0.29, 0.717) is 22.4 Å². The molecule has 12 heteroatoms. The molecule has 0 saturated heterocycles. The highest BCUT2D eigenvalue weighted by molar-refractivity contribution is 5.61. The van der Waals surface area contributed by atoms with E-state index in [2.05, 4.69) is 30.2 Å². The van der Waals surface area contributed by atoms with E-state index in [9.17, 15) is 13.2 Å². The molecular formula is C15H15F3N6O3. The summed E-state index contributed by atoms with van der Waals surface area (Å²) in [5.74, 6) is -0.931. The lowest BCUT2D eigenvalue weighted by atomic mass is 10.1. The number of hydrogen-bond acceptors (Lipinski definition) is 8. The van der Waals surface area contributed by atoms with Gasteiger partial charge in [0, 0.05) is 12.6 Å². The molecule has 1 aromatic carbocycles. The molecular weight excluding hydrogens is 369 g/mol. The Bertz CT molecular complexity index is 914. The molecule has 0 unspecified atom stereocenters. The van der Waals surface area contributed by atoms with Crippen molar-refractivity contribution in [3.05, 3.63) is 29.2 Å². The van der Waals surface area contributed by atoms with Crippen LogP contribution in [0.4, 0.5) is 13.2 Å². The largest absolute Gasteiger partial charge is 0.489 e. The first-order valence-corrected chi connectivity index (χ1v) is 7.76. The van der Waals surface area contributed by atoms with Gasteiger partial charge in [-0.15, -0.1) is 0 Å². The van der Waals surface area contributed by atoms with E-state index < -0.39 is 12.1 Å². The number of hydrogen-bond donors (Lipinski definition) is 0. The first-order valence-electron chi connectivity index (χ1n) is 7.76. The van der Waals surface area contributed by atoms with Crippen LogP contribution in [-0.4, -0.2) is 43.6 Å². The average Bonchev–Trinajstić information content (AvgIpc) is 3.22. The Kier molecular flexibility index (Phi) is 4.97. The maximum absolute atomic E-state index is 12.6. The van der Waals surface area contributed by atoms with Crippen LogP contribution in [0, 0.1) is 13.8 Å². The quantitative estimate of drug-likeness (QED) is 0.597. The second kappa shape index (κ2) is 7.21. The van der Waals surface area contributed by atoms with Gasteiger partial charge in [0.1, 0.15) is 19.0 Å². The molecule has 0 fully saturated rings. The Morgan fingerprint density at radius 2 is 1.78 bits per heavy atom. The second-order valence-corrected chi connectivity index (χ2v) is 5.64. The third kappa shape index (κ3) is 4.15. The smallest absolute Gasteiger partial charge is 0.471 e. The number of rotatable bonds is 6. The van der Waals surface area contributed by atoms with Crippen molar-refractivity contribution in [3.63, 3.8) is 0 Å². The Morgan fingerprint density at radius 3 is 2.33 bits per heavy atom. The normalized spacial score (nSPS) is 11.6. The van der Waals surface area contributed by atoms with Gasteiger partial charge in [0.25, 0.3) is 0 Å². The minimum Gasteiger partial charge on any atom is -0.489 e. The van der Waals surface area contributed by atoms with E-state index in [4.69, 9.17) is 9.47 Å². The molecule has 0 aliphatic heterocycles. The van der Waals surface area contributed by atoms with Crippen molar-refractivity contribution in [2.75, 3.05) is 13.2 Å². The van der Waals surface area contributed by atoms with E-state index in [1.807, 2.05) is 0 Å². The van der Waals surface area contributed by atoms with Crippen LogP contribution in [0.25, 0.3) is 11.4 Å². The molecule has 0 saturated carbocycles. The highest BCUT2D eigenvalue weighted by atomic mass is 19.4. The van der Waals surface area contributed by atoms with Crippen LogP contribution >= 0.6 is 0 Å². The molecule has 9 nitrogen and oxygen atoms in total. The fourth-order valence-corrected chi connectivity index (χ4v) is 2.38. The monoisotopic (exact) mass is 384 g/mol. The summed E-state index contributed by atoms with van der Waals surface area (Å²) < 4.78 is 54.5. The van der Waals surface area contributed by atoms with Crippen LogP contribution in [-0.2, 0) is 13.2 Å². The molecule has 0 amide bonds. The van der Waals surface area contributed by atoms with Crippen molar-refractivity contribution < 1.29 is 27.2 Å². The van der Waals surface area contributed by atoms with Crippen molar-refractivity contribution in [1.82, 2.24) is 30.3 Å². The van der Waals surface area contributed by atoms with E-state index in [1.165, 1.54) is 4.68 Å². The van der Waals surface area contributed by atoms with Crippen LogP contribution in [0.2, 0.25) is 0 Å². The van der Waals surface area contributed by atoms with Gasteiger partial charge in [0.2, 0.25) is 5.82 Å². The first kappa shape index (κ1) is 18.6. The summed E-state index contributed by atoms with van der Waals surface area (Å²) in [5.41, 5.74) is 1.82. The Hall–Kier alpha value is -3.18. The van der Waals surface area contributed by atoms with Crippen molar-refractivity contribution in [1.29, 1.82) is 0 Å². The number of aromatic nitrogens is 6. The Balaban J connectivity index is 1.67. The predicted molar refractivity (Wildman–Crippen MR) is 84.0 cm³/mol. The zero-order valence-corrected chi connectivity index (χ0v) is 14.6. The highest BCUT2D eigenvalue weighted by Gasteiger charge is 2.38. The molecule has 0 spiro atoms. The van der Waals surface area contributed by atoms with Gasteiger partial charge in [0.05, 0.1) is 0 Å². The fourth-order valence-electron chi connectivity index (χ4n) is 2.38. The maximum Gasteiger partial charge on any atom is 0.471 e. The number of ether oxygens (including phenoxy) is 2. The van der Waals surface area contributed by atoms with Crippen LogP contribution in [0.3, 0.4) is 0 Å². The van der Waals surface area contributed by atoms with Crippen LogP contribution in [0.5, 0.6) is 11.8 Å². The lowest BCUT2D eigenvalue weighted by Gasteiger charge is -2.13. The lowest BCUT2D eigenvalue weighted by Crippen LogP contribution is -2.12. The van der Waals surface area contributed by atoms with Gasteiger partial charge in [-0.3, -0.25) is 0 Å². The summed E-state index contributed by atoms with van der Waals surface area (Å²) in [6, 6.07) is 3.52. The Morgan fingerprint density at radius 1 is 1.11 bits per heavy atom. The maximum atomic E-state index is 12.6. The summed E-state index contributed by atoms with van der Waals surface area (Å²) in [4.78, 5) is 3.39. The van der Waals surface area contributed by atoms with Crippen LogP contribution in [0.15, 0.2) is 16.7 Å². The molecule has 144 valence electrons. The highest BCUT2D eigenvalue weighted by Crippen LogP contribution is 2.32. The van der Waals surface area contributed by atoms with E-state index in [1.54, 1.807) is 33.0 Å². The number of alkyl halides is 3. The third-order valence-electron chi connectivity index (χ3n) is 3.53. The van der Waals surface area contributed by atoms with E-state index >= 15 is 0 Å². The molecule has 27 heavy (non-hydrogen) atoms. The lowest BCUT2D eigenvalue weighted by molar-refractivity contribution is -0.159. The zero-order valence-electron chi connectivity index (χ0n) is 14.6. The van der Waals surface area contributed by atoms with E-state index in [0.717, 1.165) is 0 Å². The third-order valence-corrected chi connectivity index (χ3v) is 3.53. The van der Waals surface area contributed by atoms with Crippen molar-refractivity contribution in [2.24, 2.45) is 7.05 Å². The topological polar surface area (TPSA) is 101 Å². The first-order chi connectivity index (χ1) is 12.8. The van der Waals surface area contributed by atoms with Crippen LogP contribution < -0.4 is 9.47 Å². The number of tetrazole rings is 1. The minimum atomic E-state index is -4.68. The van der Waals surface area contributed by atoms with Crippen molar-refractivity contribution in [3.8, 4) is 23.1 Å². The van der Waals surface area contributed by atoms with Gasteiger partial charge in [-0.25, -0.2) is 0 Å². The molecule has 0 aliphatic carbocycles. The molecule has 2 aromatic heterocycles. The number of benzene rings is 1. The van der Waals surface area contributed by atoms with Crippen LogP contribution in [0.1, 0.15) is 17.0 Å². The summed E-state index contributed by atoms with van der Waals surface area (Å²) in [6.07, 6.45) is -4.68. The molecule has 0 N–H and O–H groups in total. The number of nitrogens with zero attached hydrogens (tertiary/aromatic N) is 6. The van der Waals surface area contributed by atoms with Gasteiger partial charge in [0.15, 0.2) is 0 Å². The minimum absolute atomic E-state index is 0.141. The second-order valence-electron chi connectivity index (χ2n) is 5.64. The molecule has 2 heterocycles. The Labute approximate surface area is 151 Å². The number of halogens is 3. The number of aryl methyl sites for hydroxylation is 3. The molecule has 0 bridgehead atoms. The van der Waals surface area contributed by atoms with Gasteiger partial charge in [-0.05, 0) is 47.5 Å². The van der Waals surface area contributed by atoms with Gasteiger partial charge in [-0.1, -0.05) is 10.3 Å². The van der Waals surface area contributed by atoms with Gasteiger partial charge >= 0.3 is 18.1 Å². The molecule has 0 aliphatic rings. The SMILES string of the molecule is Cc1cc(-c2noc(C(F)(F)F)n2)cc(C)c1OCCOc1nnnn1C. The molecule has 3 aromatic rings. The van der Waals surface area contributed by atoms with Crippen molar-refractivity contribution >= 4 is 0 Å². The summed E-state index contributed by atoms with van der Waals surface area (Å²) in [6.45, 7) is 3.98. The predicted octanol–water partition coefficient (Wildman–Crippen LogP) is 2.35. The van der Waals surface area contributed by atoms with E-state index in [-0.39, 0.29) is 25.0 Å². The zero-order chi connectivity index (χ0) is 19.6. The standard InChI is InChI=1S/C15H15F3N6O3/c1-8-6-10(12-19-13(27-21-12)15(16,17)18)7-9(2)11(8)25-4-5-26-14-20-22-23-24(14)3/h6-7H,4-5H2,1-3H3. The molecule has 3 rings (SSSR count). The summed E-state index contributed by atoms with van der Waals surface area (Å²) in [7, 11) is 1.64. The van der Waals surface area contributed by atoms with Gasteiger partial charge in [-0.2, -0.15) is 22.8 Å².